The van der Waals surface area contributed by atoms with Gasteiger partial charge in [-0.25, -0.2) is 0 Å². The van der Waals surface area contributed by atoms with Crippen LogP contribution in [-0.2, 0) is 0 Å². The SMILES string of the molecule is C=C/C=C(\C=C/N)C(/C(=C)N(CC)CC)=C(/NN)c1cccc(C)c1. The van der Waals surface area contributed by atoms with Gasteiger partial charge < -0.3 is 16.1 Å². The van der Waals surface area contributed by atoms with Gasteiger partial charge in [0.1, 0.15) is 0 Å². The van der Waals surface area contributed by atoms with E-state index in [2.05, 4.69) is 56.4 Å². The van der Waals surface area contributed by atoms with Crippen LogP contribution in [0.25, 0.3) is 5.70 Å². The van der Waals surface area contributed by atoms with Crippen LogP contribution in [0.15, 0.2) is 78.7 Å². The molecule has 0 unspecified atom stereocenters. The summed E-state index contributed by atoms with van der Waals surface area (Å²) in [6.07, 6.45) is 6.98. The fraction of sp³-hybridized carbons (Fsp3) is 0.238. The van der Waals surface area contributed by atoms with Crippen LogP contribution < -0.4 is 17.0 Å². The Hall–Kier alpha value is -2.72. The van der Waals surface area contributed by atoms with Crippen LogP contribution in [0.4, 0.5) is 0 Å². The van der Waals surface area contributed by atoms with Gasteiger partial charge in [-0.15, -0.1) is 0 Å². The zero-order chi connectivity index (χ0) is 18.8. The van der Waals surface area contributed by atoms with Gasteiger partial charge in [-0.3, -0.25) is 5.84 Å². The second kappa shape index (κ2) is 10.2. The second-order valence-corrected chi connectivity index (χ2v) is 5.60. The first-order valence-electron chi connectivity index (χ1n) is 8.47. The van der Waals surface area contributed by atoms with E-state index >= 15 is 0 Å². The normalized spacial score (nSPS) is 12.7. The van der Waals surface area contributed by atoms with E-state index in [9.17, 15) is 0 Å². The Labute approximate surface area is 151 Å². The third-order valence-electron chi connectivity index (χ3n) is 4.00. The van der Waals surface area contributed by atoms with Crippen molar-refractivity contribution >= 4 is 5.70 Å². The van der Waals surface area contributed by atoms with Gasteiger partial charge >= 0.3 is 0 Å². The standard InChI is InChI=1S/C21H30N4/c1-6-10-18(13-14-22)20(17(5)25(7-2)8-3)21(24-23)19-12-9-11-16(4)15-19/h6,9-15,24H,1,5,7-8,22-23H2,2-4H3/b14-13-,18-10+,21-20+. The Morgan fingerprint density at radius 2 is 1.96 bits per heavy atom. The Morgan fingerprint density at radius 3 is 2.44 bits per heavy atom. The number of nitrogens with one attached hydrogen (secondary N) is 1. The zero-order valence-corrected chi connectivity index (χ0v) is 15.5. The van der Waals surface area contributed by atoms with Gasteiger partial charge in [0.15, 0.2) is 0 Å². The largest absolute Gasteiger partial charge is 0.405 e. The maximum atomic E-state index is 5.93. The van der Waals surface area contributed by atoms with Gasteiger partial charge in [0.05, 0.1) is 5.70 Å². The predicted molar refractivity (Wildman–Crippen MR) is 109 cm³/mol. The topological polar surface area (TPSA) is 67.3 Å². The molecule has 0 radical (unpaired) electrons. The number of benzene rings is 1. The molecule has 0 amide bonds. The van der Waals surface area contributed by atoms with Gasteiger partial charge in [0, 0.05) is 24.4 Å². The number of allylic oxidation sites excluding steroid dienone is 4. The van der Waals surface area contributed by atoms with E-state index in [1.54, 1.807) is 6.08 Å². The first-order chi connectivity index (χ1) is 12.0. The number of nitrogens with zero attached hydrogens (tertiary/aromatic N) is 1. The van der Waals surface area contributed by atoms with Crippen molar-refractivity contribution in [2.24, 2.45) is 11.6 Å². The molecule has 0 aliphatic rings. The van der Waals surface area contributed by atoms with Gasteiger partial charge in [-0.2, -0.15) is 0 Å². The van der Waals surface area contributed by atoms with Crippen LogP contribution in [0, 0.1) is 6.92 Å². The molecule has 0 atom stereocenters. The van der Waals surface area contributed by atoms with Crippen molar-refractivity contribution in [3.8, 4) is 0 Å². The van der Waals surface area contributed by atoms with Gasteiger partial charge in [-0.05, 0) is 50.3 Å². The molecule has 1 rings (SSSR count). The van der Waals surface area contributed by atoms with Crippen LogP contribution in [0.3, 0.4) is 0 Å². The highest BCUT2D eigenvalue weighted by Crippen LogP contribution is 2.30. The molecule has 1 aromatic rings. The van der Waals surface area contributed by atoms with Crippen molar-refractivity contribution in [2.45, 2.75) is 20.8 Å². The monoisotopic (exact) mass is 338 g/mol. The summed E-state index contributed by atoms with van der Waals surface area (Å²) < 4.78 is 0. The molecule has 0 saturated heterocycles. The molecule has 0 saturated carbocycles. The van der Waals surface area contributed by atoms with Crippen molar-refractivity contribution in [3.05, 3.63) is 89.8 Å². The van der Waals surface area contributed by atoms with Crippen LogP contribution in [0.2, 0.25) is 0 Å². The molecule has 0 heterocycles. The lowest BCUT2D eigenvalue weighted by Gasteiger charge is -2.28. The Kier molecular flexibility index (Phi) is 8.30. The first-order valence-corrected chi connectivity index (χ1v) is 8.47. The number of hydrogen-bond donors (Lipinski definition) is 3. The Balaban J connectivity index is 3.74. The first kappa shape index (κ1) is 20.3. The molecular weight excluding hydrogens is 308 g/mol. The third kappa shape index (κ3) is 5.13. The Morgan fingerprint density at radius 1 is 1.28 bits per heavy atom. The minimum atomic E-state index is 0.798. The molecule has 1 aromatic carbocycles. The molecule has 0 aromatic heterocycles. The lowest BCUT2D eigenvalue weighted by atomic mass is 9.95. The Bertz CT molecular complexity index is 692. The second-order valence-electron chi connectivity index (χ2n) is 5.60. The number of likely N-dealkylation sites (N-methyl/N-ethyl adjacent to an activating group) is 1. The number of aryl methyl sites for hydroxylation is 1. The molecule has 0 bridgehead atoms. The van der Waals surface area contributed by atoms with Crippen LogP contribution in [0.5, 0.6) is 0 Å². The van der Waals surface area contributed by atoms with E-state index < -0.39 is 0 Å². The molecule has 4 nitrogen and oxygen atoms in total. The molecule has 4 heteroatoms. The molecule has 25 heavy (non-hydrogen) atoms. The number of nitrogens with two attached hydrogens (primary N) is 2. The summed E-state index contributed by atoms with van der Waals surface area (Å²) in [6, 6.07) is 8.17. The molecule has 0 spiro atoms. The maximum absolute atomic E-state index is 5.93. The van der Waals surface area contributed by atoms with Gasteiger partial charge in [-0.1, -0.05) is 49.1 Å². The van der Waals surface area contributed by atoms with Crippen molar-refractivity contribution in [3.63, 3.8) is 0 Å². The zero-order valence-electron chi connectivity index (χ0n) is 15.5. The van der Waals surface area contributed by atoms with Crippen LogP contribution in [-0.4, -0.2) is 18.0 Å². The van der Waals surface area contributed by atoms with Crippen molar-refractivity contribution in [1.29, 1.82) is 0 Å². The van der Waals surface area contributed by atoms with E-state index in [1.165, 1.54) is 6.20 Å². The van der Waals surface area contributed by atoms with E-state index in [0.29, 0.717) is 0 Å². The predicted octanol–water partition coefficient (Wildman–Crippen LogP) is 3.61. The summed E-state index contributed by atoms with van der Waals surface area (Å²) in [5, 5.41) is 0. The van der Waals surface area contributed by atoms with Gasteiger partial charge in [0.2, 0.25) is 0 Å². The van der Waals surface area contributed by atoms with Gasteiger partial charge in [0.25, 0.3) is 0 Å². The smallest absolute Gasteiger partial charge is 0.0656 e. The lowest BCUT2D eigenvalue weighted by Crippen LogP contribution is -2.28. The molecule has 5 N–H and O–H groups in total. The van der Waals surface area contributed by atoms with E-state index in [0.717, 1.165) is 46.8 Å². The highest BCUT2D eigenvalue weighted by molar-refractivity contribution is 5.77. The minimum Gasteiger partial charge on any atom is -0.405 e. The number of hydrogen-bond acceptors (Lipinski definition) is 4. The summed E-state index contributed by atoms with van der Waals surface area (Å²) in [5.74, 6) is 5.93. The third-order valence-corrected chi connectivity index (χ3v) is 4.00. The number of rotatable bonds is 9. The van der Waals surface area contributed by atoms with Crippen LogP contribution >= 0.6 is 0 Å². The maximum Gasteiger partial charge on any atom is 0.0656 e. The summed E-state index contributed by atoms with van der Waals surface area (Å²) in [6.45, 7) is 16.1. The molecule has 0 fully saturated rings. The average Bonchev–Trinajstić information content (AvgIpc) is 2.60. The summed E-state index contributed by atoms with van der Waals surface area (Å²) in [4.78, 5) is 2.18. The summed E-state index contributed by atoms with van der Waals surface area (Å²) >= 11 is 0. The lowest BCUT2D eigenvalue weighted by molar-refractivity contribution is 0.392. The fourth-order valence-electron chi connectivity index (χ4n) is 2.77. The molecular formula is C21H30N4. The molecule has 134 valence electrons. The van der Waals surface area contributed by atoms with Crippen molar-refractivity contribution in [1.82, 2.24) is 10.3 Å². The number of hydrazine groups is 1. The van der Waals surface area contributed by atoms with E-state index in [1.807, 2.05) is 24.3 Å². The van der Waals surface area contributed by atoms with Crippen molar-refractivity contribution < 1.29 is 0 Å². The molecule has 0 aliphatic heterocycles. The summed E-state index contributed by atoms with van der Waals surface area (Å²) in [7, 11) is 0. The highest BCUT2D eigenvalue weighted by Gasteiger charge is 2.18. The quantitative estimate of drug-likeness (QED) is 0.365. The van der Waals surface area contributed by atoms with Crippen LogP contribution in [0.1, 0.15) is 25.0 Å². The fourth-order valence-corrected chi connectivity index (χ4v) is 2.77. The highest BCUT2D eigenvalue weighted by atomic mass is 15.2. The van der Waals surface area contributed by atoms with E-state index in [4.69, 9.17) is 11.6 Å². The summed E-state index contributed by atoms with van der Waals surface area (Å²) in [5.41, 5.74) is 14.2. The van der Waals surface area contributed by atoms with Crippen molar-refractivity contribution in [2.75, 3.05) is 13.1 Å². The average molecular weight is 338 g/mol. The van der Waals surface area contributed by atoms with E-state index in [-0.39, 0.29) is 0 Å². The minimum absolute atomic E-state index is 0.798. The molecule has 0 aliphatic carbocycles.